The van der Waals surface area contributed by atoms with E-state index < -0.39 is 17.6 Å². The molecule has 332 valence electrons. The highest BCUT2D eigenvalue weighted by Crippen LogP contribution is 2.34. The molecule has 0 spiro atoms. The van der Waals surface area contributed by atoms with E-state index in [4.69, 9.17) is 34.0 Å². The molecule has 20 heteroatoms. The zero-order valence-electron chi connectivity index (χ0n) is 32.5. The number of nitrogens with two attached hydrogens (primary N) is 1. The number of fused-ring (bicyclic) bond motifs is 2. The van der Waals surface area contributed by atoms with Crippen molar-refractivity contribution in [1.29, 1.82) is 0 Å². The fourth-order valence-electron chi connectivity index (χ4n) is 4.83. The topological polar surface area (TPSA) is 215 Å². The summed E-state index contributed by atoms with van der Waals surface area (Å²) in [5.41, 5.74) is 8.23. The van der Waals surface area contributed by atoms with Crippen LogP contribution in [0.1, 0.15) is 14.9 Å². The Morgan fingerprint density at radius 3 is 1.61 bits per heavy atom. The van der Waals surface area contributed by atoms with E-state index in [0.29, 0.717) is 57.9 Å². The van der Waals surface area contributed by atoms with Crippen molar-refractivity contribution in [3.63, 3.8) is 0 Å². The second-order valence-corrected chi connectivity index (χ2v) is 13.7. The minimum Gasteiger partial charge on any atom is -0.506 e. The van der Waals surface area contributed by atoms with E-state index in [0.717, 1.165) is 6.08 Å². The zero-order valence-corrected chi connectivity index (χ0v) is 34.8. The van der Waals surface area contributed by atoms with Crippen molar-refractivity contribution < 1.29 is 33.7 Å². The molecule has 0 unspecified atom stereocenters. The molecule has 4 aromatic carbocycles. The van der Waals surface area contributed by atoms with Gasteiger partial charge in [0.05, 0.1) is 32.5 Å². The average molecular weight is 918 g/mol. The molecule has 2 heterocycles. The van der Waals surface area contributed by atoms with Gasteiger partial charge >= 0.3 is 5.97 Å². The van der Waals surface area contributed by atoms with Crippen LogP contribution in [0.5, 0.6) is 11.5 Å². The Kier molecular flexibility index (Phi) is 22.0. The number of aliphatic carboxylic acids is 1. The van der Waals surface area contributed by atoms with Crippen molar-refractivity contribution in [2.45, 2.75) is 14.9 Å². The molecule has 0 bridgehead atoms. The number of anilines is 6. The normalized spacial score (nSPS) is 10.5. The van der Waals surface area contributed by atoms with Crippen LogP contribution in [0.25, 0.3) is 21.8 Å². The highest BCUT2D eigenvalue weighted by Gasteiger charge is 2.13. The van der Waals surface area contributed by atoms with Gasteiger partial charge < -0.3 is 46.8 Å². The number of amides is 1. The lowest BCUT2D eigenvalue weighted by atomic mass is 10.2. The van der Waals surface area contributed by atoms with Crippen LogP contribution in [0.15, 0.2) is 97.6 Å². The van der Waals surface area contributed by atoms with Crippen LogP contribution in [-0.4, -0.2) is 98.2 Å². The standard InChI is InChI=1S/C20H19ClFN5O2.C14H10ClFN4O.C6H11NO2.2CH4.ClH/c1-27(2)7-3-4-19(29)26-17-9-13-16(10-18(17)28)23-11-24-20(13)25-12-5-6-15(22)14(21)8-12;15-9-3-7(1-2-10(9)16)20-14-8-4-11(17)13(21)5-12(8)18-6-19-14;1-7(2)5-3-4-6(8)9;;;/h3-6,8-11,28H,7H2,1-2H3,(H,26,29)(H,23,24,25);1-6,21H,17H2,(H,18,19,20);3-4H,5H2,1-2H3,(H,8,9);2*1H4;1H/b4-3+;;4-3+;;;. The summed E-state index contributed by atoms with van der Waals surface area (Å²) in [4.78, 5) is 42.3. The highest BCUT2D eigenvalue weighted by molar-refractivity contribution is 6.31. The number of hydrogen-bond donors (Lipinski definition) is 7. The molecule has 0 atom stereocenters. The Hall–Kier alpha value is -6.37. The number of carboxylic acid groups (broad SMARTS) is 1. The second kappa shape index (κ2) is 25.4. The maximum absolute atomic E-state index is 13.4. The molecule has 0 saturated carbocycles. The number of aromatic nitrogens is 4. The fourth-order valence-corrected chi connectivity index (χ4v) is 5.19. The maximum Gasteiger partial charge on any atom is 0.328 e. The molecule has 6 rings (SSSR count). The number of carboxylic acids is 1. The number of nitrogen functional groups attached to an aromatic ring is 1. The molecule has 62 heavy (non-hydrogen) atoms. The Morgan fingerprint density at radius 2 is 1.16 bits per heavy atom. The van der Waals surface area contributed by atoms with Crippen molar-refractivity contribution in [2.24, 2.45) is 0 Å². The van der Waals surface area contributed by atoms with E-state index >= 15 is 0 Å². The van der Waals surface area contributed by atoms with Gasteiger partial charge in [-0.25, -0.2) is 33.5 Å². The number of nitrogens with zero attached hydrogens (tertiary/aromatic N) is 6. The number of benzene rings is 4. The summed E-state index contributed by atoms with van der Waals surface area (Å²) in [7, 11) is 7.54. The molecule has 0 fully saturated rings. The van der Waals surface area contributed by atoms with Crippen LogP contribution in [-0.2, 0) is 9.59 Å². The molecule has 0 aliphatic heterocycles. The predicted molar refractivity (Wildman–Crippen MR) is 249 cm³/mol. The summed E-state index contributed by atoms with van der Waals surface area (Å²) in [5, 5.41) is 37.8. The number of aromatic hydroxyl groups is 2. The van der Waals surface area contributed by atoms with Crippen molar-refractivity contribution in [3.8, 4) is 11.5 Å². The van der Waals surface area contributed by atoms with E-state index in [1.54, 1.807) is 30.4 Å². The smallest absolute Gasteiger partial charge is 0.328 e. The van der Waals surface area contributed by atoms with Gasteiger partial charge in [0.15, 0.2) is 0 Å². The second-order valence-electron chi connectivity index (χ2n) is 12.9. The highest BCUT2D eigenvalue weighted by atomic mass is 35.5. The zero-order chi connectivity index (χ0) is 43.2. The van der Waals surface area contributed by atoms with E-state index in [1.165, 1.54) is 61.2 Å². The van der Waals surface area contributed by atoms with Gasteiger partial charge in [-0.05, 0) is 76.7 Å². The number of phenols is 2. The summed E-state index contributed by atoms with van der Waals surface area (Å²) in [6, 6.07) is 14.5. The van der Waals surface area contributed by atoms with Crippen molar-refractivity contribution in [2.75, 3.05) is 63.0 Å². The molecule has 0 aliphatic rings. The number of carbonyl (C=O) groups is 2. The van der Waals surface area contributed by atoms with E-state index in [-0.39, 0.29) is 66.1 Å². The summed E-state index contributed by atoms with van der Waals surface area (Å²) in [5.74, 6) is -1.56. The first-order valence-electron chi connectivity index (χ1n) is 17.3. The van der Waals surface area contributed by atoms with Crippen LogP contribution >= 0.6 is 35.6 Å². The van der Waals surface area contributed by atoms with Gasteiger partial charge in [-0.1, -0.05) is 50.2 Å². The van der Waals surface area contributed by atoms with Gasteiger partial charge in [-0.15, -0.1) is 12.4 Å². The molecule has 1 amide bonds. The molecular formula is C42H49Cl3F2N10O5. The van der Waals surface area contributed by atoms with Gasteiger partial charge in [0.2, 0.25) is 5.91 Å². The Morgan fingerprint density at radius 1 is 0.710 bits per heavy atom. The minimum absolute atomic E-state index is 0. The van der Waals surface area contributed by atoms with Gasteiger partial charge in [0, 0.05) is 59.5 Å². The molecule has 0 radical (unpaired) electrons. The lowest BCUT2D eigenvalue weighted by Crippen LogP contribution is -2.13. The SMILES string of the molecule is C.C.CN(C)C/C=C/C(=O)Nc1cc2c(Nc3ccc(F)c(Cl)c3)ncnc2cc1O.CN(C)C/C=C/C(=O)O.Cl.Nc1cc2c(Nc3ccc(F)c(Cl)c3)ncnc2cc1O. The van der Waals surface area contributed by atoms with Crippen LogP contribution in [0, 0.1) is 11.6 Å². The monoisotopic (exact) mass is 916 g/mol. The van der Waals surface area contributed by atoms with Gasteiger partial charge in [-0.2, -0.15) is 0 Å². The number of carbonyl (C=O) groups excluding carboxylic acids is 1. The Balaban J connectivity index is 0.000000512. The minimum atomic E-state index is -0.892. The molecule has 0 aliphatic carbocycles. The van der Waals surface area contributed by atoms with Crippen LogP contribution in [0.3, 0.4) is 0 Å². The predicted octanol–water partition coefficient (Wildman–Crippen LogP) is 9.26. The number of rotatable bonds is 11. The maximum atomic E-state index is 13.4. The van der Waals surface area contributed by atoms with E-state index in [1.807, 2.05) is 38.0 Å². The number of nitrogens with one attached hydrogen (secondary N) is 3. The van der Waals surface area contributed by atoms with Gasteiger partial charge in [0.25, 0.3) is 0 Å². The molecule has 6 aromatic rings. The third-order valence-electron chi connectivity index (χ3n) is 7.63. The third-order valence-corrected chi connectivity index (χ3v) is 8.21. The van der Waals surface area contributed by atoms with Crippen LogP contribution in [0.2, 0.25) is 10.0 Å². The third kappa shape index (κ3) is 16.2. The molecule has 2 aromatic heterocycles. The van der Waals surface area contributed by atoms with Gasteiger partial charge in [-0.3, -0.25) is 4.79 Å². The Labute approximate surface area is 374 Å². The summed E-state index contributed by atoms with van der Waals surface area (Å²) < 4.78 is 26.5. The summed E-state index contributed by atoms with van der Waals surface area (Å²) in [6.45, 7) is 1.28. The largest absolute Gasteiger partial charge is 0.506 e. The molecule has 0 saturated heterocycles. The summed E-state index contributed by atoms with van der Waals surface area (Å²) in [6.07, 6.45) is 8.53. The first kappa shape index (κ1) is 53.6. The fraction of sp³-hybridized carbons (Fsp3) is 0.190. The molecular weight excluding hydrogens is 869 g/mol. The molecule has 8 N–H and O–H groups in total. The quantitative estimate of drug-likeness (QED) is 0.0367. The van der Waals surface area contributed by atoms with E-state index in [9.17, 15) is 28.6 Å². The number of phenolic OH excluding ortho intramolecular Hbond substituents is 2. The first-order chi connectivity index (χ1) is 28.0. The Bertz CT molecular complexity index is 2510. The number of likely N-dealkylation sites (N-methyl/N-ethyl adjacent to an activating group) is 2. The van der Waals surface area contributed by atoms with Gasteiger partial charge in [0.1, 0.15) is 47.4 Å². The first-order valence-corrected chi connectivity index (χ1v) is 18.1. The van der Waals surface area contributed by atoms with Crippen LogP contribution in [0.4, 0.5) is 43.2 Å². The lowest BCUT2D eigenvalue weighted by molar-refractivity contribution is -0.131. The number of hydrogen-bond acceptors (Lipinski definition) is 13. The van der Waals surface area contributed by atoms with E-state index in [2.05, 4.69) is 35.9 Å². The summed E-state index contributed by atoms with van der Waals surface area (Å²) >= 11 is 11.6. The van der Waals surface area contributed by atoms with Crippen molar-refractivity contribution in [3.05, 3.63) is 119 Å². The number of halogens is 5. The van der Waals surface area contributed by atoms with Crippen molar-refractivity contribution >= 4 is 104 Å². The molecule has 15 nitrogen and oxygen atoms in total. The average Bonchev–Trinajstić information content (AvgIpc) is 3.16. The van der Waals surface area contributed by atoms with Crippen LogP contribution < -0.4 is 21.7 Å². The lowest BCUT2D eigenvalue weighted by Gasteiger charge is -2.12. The van der Waals surface area contributed by atoms with Crippen molar-refractivity contribution in [1.82, 2.24) is 29.7 Å².